The van der Waals surface area contributed by atoms with Gasteiger partial charge in [0.05, 0.1) is 38.5 Å². The normalized spacial score (nSPS) is 12.9. The first-order chi connectivity index (χ1) is 30.4. The number of urea groups is 2. The van der Waals surface area contributed by atoms with Crippen molar-refractivity contribution in [3.05, 3.63) is 162 Å². The van der Waals surface area contributed by atoms with Gasteiger partial charge in [0.2, 0.25) is 0 Å². The molecule has 5 aromatic rings. The summed E-state index contributed by atoms with van der Waals surface area (Å²) in [5.41, 5.74) is 5.03. The lowest BCUT2D eigenvalue weighted by molar-refractivity contribution is 0.112. The molecule has 63 heavy (non-hydrogen) atoms. The monoisotopic (exact) mass is 861 g/mol. The van der Waals surface area contributed by atoms with E-state index in [-0.39, 0.29) is 24.1 Å². The molecule has 4 atom stereocenters. The molecular formula is C51H68N6O6. The van der Waals surface area contributed by atoms with E-state index in [9.17, 15) is 19.8 Å². The van der Waals surface area contributed by atoms with Crippen LogP contribution in [0.4, 0.5) is 15.3 Å². The lowest BCUT2D eigenvalue weighted by Gasteiger charge is -2.34. The van der Waals surface area contributed by atoms with E-state index in [1.807, 2.05) is 167 Å². The molecule has 0 saturated heterocycles. The fourth-order valence-electron chi connectivity index (χ4n) is 7.20. The van der Waals surface area contributed by atoms with Crippen LogP contribution >= 0.6 is 0 Å². The summed E-state index contributed by atoms with van der Waals surface area (Å²) >= 11 is 0. The Balaban J connectivity index is 0.000000277. The van der Waals surface area contributed by atoms with Gasteiger partial charge in [-0.25, -0.2) is 9.59 Å². The molecule has 0 unspecified atom stereocenters. The smallest absolute Gasteiger partial charge is 0.321 e. The van der Waals surface area contributed by atoms with Crippen LogP contribution in [-0.2, 0) is 25.9 Å². The molecule has 6 N–H and O–H groups in total. The summed E-state index contributed by atoms with van der Waals surface area (Å²) in [6.45, 7) is 9.88. The van der Waals surface area contributed by atoms with Crippen molar-refractivity contribution < 1.29 is 29.3 Å². The molecule has 12 nitrogen and oxygen atoms in total. The number of methoxy groups -OCH3 is 2. The zero-order valence-electron chi connectivity index (χ0n) is 37.9. The van der Waals surface area contributed by atoms with Crippen molar-refractivity contribution >= 4 is 17.7 Å². The summed E-state index contributed by atoms with van der Waals surface area (Å²) in [6, 6.07) is 43.7. The number of benzene rings is 5. The molecule has 5 rings (SSSR count). The quantitative estimate of drug-likeness (QED) is 0.0455. The van der Waals surface area contributed by atoms with Gasteiger partial charge in [-0.3, -0.25) is 4.90 Å². The van der Waals surface area contributed by atoms with E-state index in [0.717, 1.165) is 39.4 Å². The van der Waals surface area contributed by atoms with E-state index in [1.165, 1.54) is 0 Å². The molecule has 0 fully saturated rings. The third-order valence-electron chi connectivity index (χ3n) is 10.6. The lowest BCUT2D eigenvalue weighted by Crippen LogP contribution is -2.55. The molecule has 5 aromatic carbocycles. The lowest BCUT2D eigenvalue weighted by atomic mass is 10.0. The van der Waals surface area contributed by atoms with Crippen molar-refractivity contribution in [2.75, 3.05) is 39.3 Å². The van der Waals surface area contributed by atoms with Gasteiger partial charge in [0.15, 0.2) is 0 Å². The minimum absolute atomic E-state index is 0.0701. The minimum Gasteiger partial charge on any atom is -0.497 e. The van der Waals surface area contributed by atoms with E-state index >= 15 is 0 Å². The molecule has 0 aliphatic carbocycles. The number of hydrogen-bond acceptors (Lipinski definition) is 8. The number of nitrogens with zero attached hydrogens (tertiary/aromatic N) is 2. The van der Waals surface area contributed by atoms with Gasteiger partial charge in [0, 0.05) is 51.0 Å². The number of rotatable bonds is 21. The number of hydrogen-bond donors (Lipinski definition) is 6. The predicted molar refractivity (Wildman–Crippen MR) is 253 cm³/mol. The maximum absolute atomic E-state index is 13.0. The molecule has 0 aliphatic heterocycles. The first kappa shape index (κ1) is 49.7. The van der Waals surface area contributed by atoms with Gasteiger partial charge in [0.25, 0.3) is 0 Å². The Morgan fingerprint density at radius 1 is 0.540 bits per heavy atom. The van der Waals surface area contributed by atoms with E-state index in [2.05, 4.69) is 21.3 Å². The Hall–Kier alpha value is -5.92. The molecule has 0 bridgehead atoms. The average Bonchev–Trinajstić information content (AvgIpc) is 3.29. The van der Waals surface area contributed by atoms with E-state index in [4.69, 9.17) is 9.47 Å². The molecule has 4 amide bonds. The minimum atomic E-state index is -0.770. The molecule has 338 valence electrons. The predicted octanol–water partition coefficient (Wildman–Crippen LogP) is 7.19. The highest BCUT2D eigenvalue weighted by Gasteiger charge is 2.27. The number of para-hydroxylation sites is 1. The first-order valence-corrected chi connectivity index (χ1v) is 21.7. The number of amides is 4. The topological polar surface area (TPSA) is 148 Å². The summed E-state index contributed by atoms with van der Waals surface area (Å²) in [7, 11) is 5.00. The van der Waals surface area contributed by atoms with E-state index < -0.39 is 24.3 Å². The zero-order valence-corrected chi connectivity index (χ0v) is 37.9. The second kappa shape index (κ2) is 26.5. The standard InChI is InChI=1S/C26H31N3O3.C25H37N3O3/c1-29(22-13-7-4-8-14-22)26(31)28-24(17-20-10-5-3-6-11-20)25(30)19-27-18-21-12-9-15-23(16-21)32-2;1-18(2)28(19(3)4)25(30)27-23(15-20-10-7-6-8-11-20)24(29)17-26-16-21-12-9-13-22(14-21)31-5/h3-16,24-25,27,30H,17-19H2,1-2H3,(H,28,31);6-14,18-19,23-24,26,29H,15-17H2,1-5H3,(H,27,30)/t24-,25+;23-,24+/m00/s1. The fraction of sp³-hybridized carbons (Fsp3) is 0.373. The van der Waals surface area contributed by atoms with Gasteiger partial charge < -0.3 is 45.9 Å². The van der Waals surface area contributed by atoms with Crippen molar-refractivity contribution in [2.45, 2.75) is 90.0 Å². The summed E-state index contributed by atoms with van der Waals surface area (Å²) in [4.78, 5) is 29.2. The third kappa shape index (κ3) is 17.0. The van der Waals surface area contributed by atoms with Crippen LogP contribution in [0.15, 0.2) is 140 Å². The summed E-state index contributed by atoms with van der Waals surface area (Å²) in [5.74, 6) is 1.60. The van der Waals surface area contributed by atoms with Crippen LogP contribution in [-0.4, -0.2) is 97.9 Å². The Labute approximate surface area is 374 Å². The third-order valence-corrected chi connectivity index (χ3v) is 10.6. The number of ether oxygens (including phenoxy) is 2. The number of carbonyl (C=O) groups is 2. The Morgan fingerprint density at radius 3 is 1.32 bits per heavy atom. The second-order valence-electron chi connectivity index (χ2n) is 16.1. The largest absolute Gasteiger partial charge is 0.497 e. The highest BCUT2D eigenvalue weighted by atomic mass is 16.5. The molecule has 0 aromatic heterocycles. The number of anilines is 1. The van der Waals surface area contributed by atoms with Gasteiger partial charge in [0.1, 0.15) is 11.5 Å². The molecule has 0 radical (unpaired) electrons. The van der Waals surface area contributed by atoms with Gasteiger partial charge in [-0.15, -0.1) is 0 Å². The molecule has 0 heterocycles. The maximum Gasteiger partial charge on any atom is 0.321 e. The molecule has 12 heteroatoms. The van der Waals surface area contributed by atoms with Crippen molar-refractivity contribution in [1.82, 2.24) is 26.2 Å². The number of aliphatic hydroxyl groups is 2. The van der Waals surface area contributed by atoms with Gasteiger partial charge >= 0.3 is 12.1 Å². The number of aliphatic hydroxyl groups excluding tert-OH is 2. The fourth-order valence-corrected chi connectivity index (χ4v) is 7.20. The summed E-state index contributed by atoms with van der Waals surface area (Å²) in [6.07, 6.45) is -0.430. The Kier molecular flexibility index (Phi) is 20.9. The van der Waals surface area contributed by atoms with Crippen LogP contribution in [0.1, 0.15) is 49.9 Å². The molecular weight excluding hydrogens is 793 g/mol. The maximum atomic E-state index is 13.0. The summed E-state index contributed by atoms with van der Waals surface area (Å²) < 4.78 is 10.5. The summed E-state index contributed by atoms with van der Waals surface area (Å²) in [5, 5.41) is 34.5. The first-order valence-electron chi connectivity index (χ1n) is 21.7. The van der Waals surface area contributed by atoms with Gasteiger partial charge in [-0.05, 0) is 99.2 Å². The van der Waals surface area contributed by atoms with Crippen molar-refractivity contribution in [2.24, 2.45) is 0 Å². The zero-order chi connectivity index (χ0) is 45.6. The van der Waals surface area contributed by atoms with Crippen LogP contribution in [0, 0.1) is 0 Å². The Bertz CT molecular complexity index is 2050. The van der Waals surface area contributed by atoms with Crippen LogP contribution in [0.3, 0.4) is 0 Å². The van der Waals surface area contributed by atoms with E-state index in [0.29, 0.717) is 39.0 Å². The average molecular weight is 861 g/mol. The highest BCUT2D eigenvalue weighted by Crippen LogP contribution is 2.16. The van der Waals surface area contributed by atoms with Crippen molar-refractivity contribution in [3.63, 3.8) is 0 Å². The van der Waals surface area contributed by atoms with Crippen LogP contribution < -0.4 is 35.6 Å². The molecule has 0 saturated carbocycles. The SMILES string of the molecule is COc1cccc(CNC[C@@H](O)[C@H](Cc2ccccc2)NC(=O)N(C(C)C)C(C)C)c1.COc1cccc(CNC[C@@H](O)[C@H](Cc2ccccc2)NC(=O)N(C)c2ccccc2)c1. The van der Waals surface area contributed by atoms with Crippen LogP contribution in [0.25, 0.3) is 0 Å². The number of nitrogens with one attached hydrogen (secondary N) is 4. The van der Waals surface area contributed by atoms with Crippen LogP contribution in [0.2, 0.25) is 0 Å². The van der Waals surface area contributed by atoms with E-state index in [1.54, 1.807) is 31.1 Å². The van der Waals surface area contributed by atoms with Crippen LogP contribution in [0.5, 0.6) is 11.5 Å². The second-order valence-corrected chi connectivity index (χ2v) is 16.1. The highest BCUT2D eigenvalue weighted by molar-refractivity contribution is 5.91. The molecule has 0 spiro atoms. The number of carbonyl (C=O) groups excluding carboxylic acids is 2. The van der Waals surface area contributed by atoms with Gasteiger partial charge in [-0.2, -0.15) is 0 Å². The van der Waals surface area contributed by atoms with Gasteiger partial charge in [-0.1, -0.05) is 103 Å². The van der Waals surface area contributed by atoms with Crippen molar-refractivity contribution in [3.8, 4) is 11.5 Å². The molecule has 0 aliphatic rings. The van der Waals surface area contributed by atoms with Crippen molar-refractivity contribution in [1.29, 1.82) is 0 Å². The Morgan fingerprint density at radius 2 is 0.921 bits per heavy atom.